The fraction of sp³-hybridized carbons (Fsp3) is 0.250. The molecule has 0 atom stereocenters. The molecule has 5 nitrogen and oxygen atoms in total. The Kier molecular flexibility index (Phi) is 3.84. The summed E-state index contributed by atoms with van der Waals surface area (Å²) in [6.45, 7) is 0.173. The van der Waals surface area contributed by atoms with Gasteiger partial charge in [-0.2, -0.15) is 0 Å². The maximum Gasteiger partial charge on any atom is 0.271 e. The van der Waals surface area contributed by atoms with Gasteiger partial charge < -0.3 is 15.6 Å². The second-order valence-electron chi connectivity index (χ2n) is 2.64. The van der Waals surface area contributed by atoms with Gasteiger partial charge in [-0.05, 0) is 29.0 Å². The minimum atomic E-state index is -0.322. The Morgan fingerprint density at radius 3 is 3.00 bits per heavy atom. The molecule has 0 aromatic carbocycles. The molecule has 14 heavy (non-hydrogen) atoms. The molecule has 0 bridgehead atoms. The molecule has 0 unspecified atom stereocenters. The number of carbonyl (C=O) groups excluding carboxylic acids is 1. The number of anilines is 1. The van der Waals surface area contributed by atoms with Gasteiger partial charge in [-0.25, -0.2) is 0 Å². The van der Waals surface area contributed by atoms with E-state index in [0.29, 0.717) is 4.47 Å². The quantitative estimate of drug-likeness (QED) is 0.731. The first-order valence-electron chi connectivity index (χ1n) is 3.96. The average molecular weight is 260 g/mol. The van der Waals surface area contributed by atoms with Crippen LogP contribution in [0.15, 0.2) is 21.5 Å². The van der Waals surface area contributed by atoms with E-state index in [0.717, 1.165) is 0 Å². The monoisotopic (exact) mass is 259 g/mol. The Balaban J connectivity index is 2.81. The molecule has 1 rings (SSSR count). The number of hydrogen-bond acceptors (Lipinski definition) is 3. The number of nitrogens with one attached hydrogen (secondary N) is 3. The zero-order valence-corrected chi connectivity index (χ0v) is 9.14. The van der Waals surface area contributed by atoms with E-state index in [1.54, 1.807) is 13.1 Å². The summed E-state index contributed by atoms with van der Waals surface area (Å²) in [7, 11) is 1.66. The van der Waals surface area contributed by atoms with Gasteiger partial charge in [-0.3, -0.25) is 9.59 Å². The standard InChI is InChI=1S/C8H10BrN3O2/c1-10-4-7(13)12-6-2-5(9)3-11-8(6)14/h2-3,10H,4H2,1H3,(H,11,14)(H,12,13). The molecule has 3 N–H and O–H groups in total. The summed E-state index contributed by atoms with van der Waals surface area (Å²) < 4.78 is 0.705. The molecule has 0 saturated heterocycles. The van der Waals surface area contributed by atoms with Crippen molar-refractivity contribution in [2.24, 2.45) is 0 Å². The summed E-state index contributed by atoms with van der Waals surface area (Å²) in [4.78, 5) is 24.8. The van der Waals surface area contributed by atoms with Gasteiger partial charge in [0.05, 0.1) is 6.54 Å². The third-order valence-electron chi connectivity index (χ3n) is 1.48. The van der Waals surface area contributed by atoms with E-state index in [1.165, 1.54) is 6.20 Å². The van der Waals surface area contributed by atoms with Crippen molar-refractivity contribution in [2.75, 3.05) is 18.9 Å². The molecule has 0 radical (unpaired) electrons. The number of aromatic amines is 1. The number of hydrogen-bond donors (Lipinski definition) is 3. The first-order chi connectivity index (χ1) is 6.63. The van der Waals surface area contributed by atoms with Crippen LogP contribution in [0.25, 0.3) is 0 Å². The Morgan fingerprint density at radius 1 is 1.64 bits per heavy atom. The highest BCUT2D eigenvalue weighted by atomic mass is 79.9. The van der Waals surface area contributed by atoms with E-state index >= 15 is 0 Å². The number of amides is 1. The number of likely N-dealkylation sites (N-methyl/N-ethyl adjacent to an activating group) is 1. The van der Waals surface area contributed by atoms with Crippen LogP contribution in [0.3, 0.4) is 0 Å². The van der Waals surface area contributed by atoms with Crippen LogP contribution in [0, 0.1) is 0 Å². The first-order valence-corrected chi connectivity index (χ1v) is 4.75. The van der Waals surface area contributed by atoms with Gasteiger partial charge in [0.1, 0.15) is 5.69 Å². The summed E-state index contributed by atoms with van der Waals surface area (Å²) in [6.07, 6.45) is 1.51. The molecule has 0 aliphatic carbocycles. The van der Waals surface area contributed by atoms with E-state index < -0.39 is 0 Å². The van der Waals surface area contributed by atoms with Crippen molar-refractivity contribution in [2.45, 2.75) is 0 Å². The maximum absolute atomic E-state index is 11.2. The average Bonchev–Trinajstić information content (AvgIpc) is 2.12. The number of carbonyl (C=O) groups is 1. The molecular weight excluding hydrogens is 250 g/mol. The van der Waals surface area contributed by atoms with Crippen molar-refractivity contribution in [1.82, 2.24) is 10.3 Å². The SMILES string of the molecule is CNCC(=O)Nc1cc(Br)c[nH]c1=O. The van der Waals surface area contributed by atoms with E-state index in [-0.39, 0.29) is 23.7 Å². The molecule has 1 heterocycles. The highest BCUT2D eigenvalue weighted by Gasteiger charge is 2.04. The van der Waals surface area contributed by atoms with Gasteiger partial charge in [0.25, 0.3) is 5.56 Å². The molecule has 0 spiro atoms. The van der Waals surface area contributed by atoms with Crippen LogP contribution in [-0.4, -0.2) is 24.5 Å². The van der Waals surface area contributed by atoms with E-state index in [1.807, 2.05) is 0 Å². The molecule has 1 amide bonds. The summed E-state index contributed by atoms with van der Waals surface area (Å²) >= 11 is 3.19. The summed E-state index contributed by atoms with van der Waals surface area (Å²) in [5.74, 6) is -0.254. The minimum absolute atomic E-state index is 0.173. The van der Waals surface area contributed by atoms with Crippen molar-refractivity contribution in [3.8, 4) is 0 Å². The second-order valence-corrected chi connectivity index (χ2v) is 3.55. The van der Waals surface area contributed by atoms with Gasteiger partial charge in [-0.15, -0.1) is 0 Å². The molecule has 1 aromatic heterocycles. The Morgan fingerprint density at radius 2 is 2.36 bits per heavy atom. The number of rotatable bonds is 3. The predicted molar refractivity (Wildman–Crippen MR) is 57.3 cm³/mol. The highest BCUT2D eigenvalue weighted by Crippen LogP contribution is 2.09. The van der Waals surface area contributed by atoms with E-state index in [9.17, 15) is 9.59 Å². The smallest absolute Gasteiger partial charge is 0.271 e. The lowest BCUT2D eigenvalue weighted by molar-refractivity contribution is -0.115. The summed E-state index contributed by atoms with van der Waals surface area (Å²) in [5.41, 5.74) is -0.0859. The lowest BCUT2D eigenvalue weighted by Crippen LogP contribution is -2.27. The van der Waals surface area contributed by atoms with Gasteiger partial charge in [0, 0.05) is 10.7 Å². The maximum atomic E-state index is 11.2. The third kappa shape index (κ3) is 2.97. The lowest BCUT2D eigenvalue weighted by Gasteiger charge is -2.03. The Labute approximate surface area is 89.0 Å². The number of aromatic nitrogens is 1. The van der Waals surface area contributed by atoms with Crippen molar-refractivity contribution < 1.29 is 4.79 Å². The third-order valence-corrected chi connectivity index (χ3v) is 1.94. The fourth-order valence-corrected chi connectivity index (χ4v) is 1.25. The van der Waals surface area contributed by atoms with Gasteiger partial charge in [0.15, 0.2) is 0 Å². The zero-order valence-electron chi connectivity index (χ0n) is 7.56. The fourth-order valence-electron chi connectivity index (χ4n) is 0.905. The number of pyridine rings is 1. The predicted octanol–water partition coefficient (Wildman–Crippen LogP) is 0.295. The van der Waals surface area contributed by atoms with Gasteiger partial charge in [-0.1, -0.05) is 0 Å². The first kappa shape index (κ1) is 10.9. The molecule has 6 heteroatoms. The molecule has 0 fully saturated rings. The van der Waals surface area contributed by atoms with E-state index in [4.69, 9.17) is 0 Å². The minimum Gasteiger partial charge on any atom is -0.326 e. The molecule has 0 aliphatic rings. The summed E-state index contributed by atoms with van der Waals surface area (Å²) in [5, 5.41) is 5.16. The molecule has 0 saturated carbocycles. The second kappa shape index (κ2) is 4.92. The van der Waals surface area contributed by atoms with Crippen LogP contribution in [0.5, 0.6) is 0 Å². The Bertz CT molecular complexity index is 388. The van der Waals surface area contributed by atoms with Crippen LogP contribution in [0.4, 0.5) is 5.69 Å². The van der Waals surface area contributed by atoms with Crippen LogP contribution in [0.1, 0.15) is 0 Å². The van der Waals surface area contributed by atoms with Gasteiger partial charge >= 0.3 is 0 Å². The molecular formula is C8H10BrN3O2. The topological polar surface area (TPSA) is 74.0 Å². The van der Waals surface area contributed by atoms with Crippen molar-refractivity contribution in [3.63, 3.8) is 0 Å². The molecule has 1 aromatic rings. The van der Waals surface area contributed by atoms with Gasteiger partial charge in [0.2, 0.25) is 5.91 Å². The lowest BCUT2D eigenvalue weighted by atomic mass is 10.4. The molecule has 76 valence electrons. The van der Waals surface area contributed by atoms with Crippen LogP contribution >= 0.6 is 15.9 Å². The largest absolute Gasteiger partial charge is 0.326 e. The molecule has 0 aliphatic heterocycles. The zero-order chi connectivity index (χ0) is 10.6. The van der Waals surface area contributed by atoms with Crippen molar-refractivity contribution >= 4 is 27.5 Å². The van der Waals surface area contributed by atoms with Crippen molar-refractivity contribution in [3.05, 3.63) is 27.1 Å². The normalized spacial score (nSPS) is 9.86. The van der Waals surface area contributed by atoms with E-state index in [2.05, 4.69) is 31.5 Å². The van der Waals surface area contributed by atoms with Crippen molar-refractivity contribution in [1.29, 1.82) is 0 Å². The van der Waals surface area contributed by atoms with Crippen LogP contribution in [-0.2, 0) is 4.79 Å². The number of H-pyrrole nitrogens is 1. The highest BCUT2D eigenvalue weighted by molar-refractivity contribution is 9.10. The van der Waals surface area contributed by atoms with Crippen LogP contribution in [0.2, 0.25) is 0 Å². The summed E-state index contributed by atoms with van der Waals surface area (Å²) in [6, 6.07) is 1.55. The van der Waals surface area contributed by atoms with Crippen LogP contribution < -0.4 is 16.2 Å². The Hall–Kier alpha value is -1.14. The number of halogens is 1.